The van der Waals surface area contributed by atoms with Crippen LogP contribution in [0.5, 0.6) is 0 Å². The van der Waals surface area contributed by atoms with Crippen LogP contribution in [0.15, 0.2) is 47.7 Å². The van der Waals surface area contributed by atoms with E-state index < -0.39 is 8.07 Å². The van der Waals surface area contributed by atoms with E-state index in [9.17, 15) is 0 Å². The highest BCUT2D eigenvalue weighted by Crippen LogP contribution is 2.55. The lowest BCUT2D eigenvalue weighted by Gasteiger charge is -2.35. The molecular formula is C23H33NSi. The maximum absolute atomic E-state index is 2.80. The molecule has 2 heteroatoms. The highest BCUT2D eigenvalue weighted by atomic mass is 28.3. The molecule has 0 N–H and O–H groups in total. The lowest BCUT2D eigenvalue weighted by Crippen LogP contribution is -2.40. The van der Waals surface area contributed by atoms with Gasteiger partial charge in [-0.15, -0.1) is 0 Å². The van der Waals surface area contributed by atoms with Crippen molar-refractivity contribution < 1.29 is 0 Å². The number of hydrogen-bond donors (Lipinski definition) is 0. The summed E-state index contributed by atoms with van der Waals surface area (Å²) in [5, 5.41) is 0. The van der Waals surface area contributed by atoms with Crippen LogP contribution in [-0.2, 0) is 6.42 Å². The normalized spacial score (nSPS) is 28.2. The van der Waals surface area contributed by atoms with Gasteiger partial charge in [0, 0.05) is 17.8 Å². The summed E-state index contributed by atoms with van der Waals surface area (Å²) < 4.78 is 0. The SMILES string of the molecule is CC(C)(C)C1C=CC2=C(C1)C1Cc3ccccc3C1N2C[Si](C)(C)C. The topological polar surface area (TPSA) is 3.24 Å². The predicted molar refractivity (Wildman–Crippen MR) is 110 cm³/mol. The summed E-state index contributed by atoms with van der Waals surface area (Å²) in [5.74, 6) is 1.38. The molecule has 3 aliphatic rings. The van der Waals surface area contributed by atoms with Crippen LogP contribution in [0.3, 0.4) is 0 Å². The van der Waals surface area contributed by atoms with E-state index in [1.54, 1.807) is 22.4 Å². The van der Waals surface area contributed by atoms with E-state index in [1.807, 2.05) is 0 Å². The average Bonchev–Trinajstić information content (AvgIpc) is 3.01. The van der Waals surface area contributed by atoms with Crippen molar-refractivity contribution in [2.75, 3.05) is 6.17 Å². The maximum atomic E-state index is 2.80. The van der Waals surface area contributed by atoms with E-state index in [-0.39, 0.29) is 0 Å². The summed E-state index contributed by atoms with van der Waals surface area (Å²) in [6.07, 6.45) is 8.75. The Morgan fingerprint density at radius 2 is 1.80 bits per heavy atom. The molecule has 3 unspecified atom stereocenters. The second-order valence-corrected chi connectivity index (χ2v) is 16.0. The molecule has 4 rings (SSSR count). The van der Waals surface area contributed by atoms with Gasteiger partial charge in [0.25, 0.3) is 0 Å². The molecule has 1 aliphatic heterocycles. The summed E-state index contributed by atoms with van der Waals surface area (Å²) in [6.45, 7) is 14.7. The third-order valence-electron chi connectivity index (χ3n) is 6.30. The molecule has 1 aromatic carbocycles. The number of rotatable bonds is 2. The van der Waals surface area contributed by atoms with Crippen molar-refractivity contribution in [2.24, 2.45) is 17.3 Å². The number of fused-ring (bicyclic) bond motifs is 4. The summed E-state index contributed by atoms with van der Waals surface area (Å²) >= 11 is 0. The molecule has 0 saturated carbocycles. The fourth-order valence-corrected chi connectivity index (χ4v) is 6.45. The zero-order chi connectivity index (χ0) is 18.0. The van der Waals surface area contributed by atoms with Gasteiger partial charge in [-0.2, -0.15) is 0 Å². The third kappa shape index (κ3) is 2.93. The average molecular weight is 352 g/mol. The highest BCUT2D eigenvalue weighted by molar-refractivity contribution is 6.76. The number of allylic oxidation sites excluding steroid dienone is 2. The fourth-order valence-electron chi connectivity index (χ4n) is 5.06. The zero-order valence-corrected chi connectivity index (χ0v) is 17.8. The molecule has 0 spiro atoms. The zero-order valence-electron chi connectivity index (χ0n) is 16.8. The van der Waals surface area contributed by atoms with Crippen LogP contribution in [0.2, 0.25) is 19.6 Å². The minimum absolute atomic E-state index is 0.349. The van der Waals surface area contributed by atoms with Crippen LogP contribution in [-0.4, -0.2) is 19.1 Å². The first-order chi connectivity index (χ1) is 11.6. The Bertz CT molecular complexity index is 744. The minimum Gasteiger partial charge on any atom is -0.367 e. The largest absolute Gasteiger partial charge is 0.367 e. The van der Waals surface area contributed by atoms with Crippen LogP contribution >= 0.6 is 0 Å². The van der Waals surface area contributed by atoms with E-state index in [0.29, 0.717) is 23.3 Å². The van der Waals surface area contributed by atoms with E-state index >= 15 is 0 Å². The molecular weight excluding hydrogens is 318 g/mol. The molecule has 0 saturated heterocycles. The number of benzene rings is 1. The first kappa shape index (κ1) is 17.1. The van der Waals surface area contributed by atoms with E-state index in [2.05, 4.69) is 81.7 Å². The van der Waals surface area contributed by atoms with Gasteiger partial charge in [0.2, 0.25) is 0 Å². The Morgan fingerprint density at radius 3 is 2.48 bits per heavy atom. The summed E-state index contributed by atoms with van der Waals surface area (Å²) in [4.78, 5) is 2.80. The van der Waals surface area contributed by atoms with Gasteiger partial charge in [-0.05, 0) is 47.0 Å². The Hall–Kier alpha value is -1.28. The molecule has 2 aliphatic carbocycles. The van der Waals surface area contributed by atoms with Crippen LogP contribution in [0.4, 0.5) is 0 Å². The molecule has 134 valence electrons. The molecule has 0 bridgehead atoms. The van der Waals surface area contributed by atoms with Gasteiger partial charge in [-0.3, -0.25) is 0 Å². The molecule has 3 atom stereocenters. The Kier molecular flexibility index (Phi) is 3.84. The standard InChI is InChI=1S/C23H33NSi/c1-23(2,3)17-11-12-21-19(14-17)20-13-16-9-7-8-10-18(16)22(20)24(21)15-25(4,5)6/h7-12,17,20,22H,13-15H2,1-6H3. The van der Waals surface area contributed by atoms with Gasteiger partial charge in [0.15, 0.2) is 0 Å². The van der Waals surface area contributed by atoms with Gasteiger partial charge >= 0.3 is 0 Å². The van der Waals surface area contributed by atoms with Crippen LogP contribution in [0, 0.1) is 17.3 Å². The summed E-state index contributed by atoms with van der Waals surface area (Å²) in [5.41, 5.74) is 6.86. The lowest BCUT2D eigenvalue weighted by atomic mass is 9.73. The third-order valence-corrected chi connectivity index (χ3v) is 7.59. The number of nitrogens with zero attached hydrogens (tertiary/aromatic N) is 1. The first-order valence-corrected chi connectivity index (χ1v) is 13.6. The smallest absolute Gasteiger partial charge is 0.0665 e. The van der Waals surface area contributed by atoms with Gasteiger partial charge in [0.1, 0.15) is 0 Å². The molecule has 1 nitrogen and oxygen atoms in total. The molecule has 1 heterocycles. The van der Waals surface area contributed by atoms with Crippen molar-refractivity contribution in [2.45, 2.75) is 59.3 Å². The molecule has 0 fully saturated rings. The van der Waals surface area contributed by atoms with E-state index in [4.69, 9.17) is 0 Å². The molecule has 25 heavy (non-hydrogen) atoms. The van der Waals surface area contributed by atoms with Crippen molar-refractivity contribution >= 4 is 8.07 Å². The van der Waals surface area contributed by atoms with Gasteiger partial charge in [-0.1, -0.05) is 70.8 Å². The van der Waals surface area contributed by atoms with E-state index in [0.717, 1.165) is 0 Å². The predicted octanol–water partition coefficient (Wildman–Crippen LogP) is 5.97. The van der Waals surface area contributed by atoms with Crippen molar-refractivity contribution in [3.8, 4) is 0 Å². The van der Waals surface area contributed by atoms with Crippen LogP contribution in [0.25, 0.3) is 0 Å². The molecule has 0 amide bonds. The van der Waals surface area contributed by atoms with Crippen LogP contribution < -0.4 is 0 Å². The van der Waals surface area contributed by atoms with Crippen molar-refractivity contribution in [1.82, 2.24) is 4.90 Å². The Morgan fingerprint density at radius 1 is 1.08 bits per heavy atom. The second kappa shape index (κ2) is 5.61. The lowest BCUT2D eigenvalue weighted by molar-refractivity contribution is 0.278. The minimum atomic E-state index is -1.18. The summed E-state index contributed by atoms with van der Waals surface area (Å²) in [6, 6.07) is 9.80. The quantitative estimate of drug-likeness (QED) is 0.593. The Balaban J connectivity index is 1.75. The van der Waals surface area contributed by atoms with Gasteiger partial charge in [0.05, 0.1) is 14.1 Å². The van der Waals surface area contributed by atoms with Crippen molar-refractivity contribution in [3.63, 3.8) is 0 Å². The monoisotopic (exact) mass is 351 g/mol. The fraction of sp³-hybridized carbons (Fsp3) is 0.565. The van der Waals surface area contributed by atoms with Crippen molar-refractivity contribution in [1.29, 1.82) is 0 Å². The van der Waals surface area contributed by atoms with Crippen molar-refractivity contribution in [3.05, 3.63) is 58.8 Å². The Labute approximate surface area is 154 Å². The second-order valence-electron chi connectivity index (χ2n) is 10.6. The number of hydrogen-bond acceptors (Lipinski definition) is 1. The van der Waals surface area contributed by atoms with Crippen LogP contribution in [0.1, 0.15) is 44.4 Å². The van der Waals surface area contributed by atoms with Gasteiger partial charge in [-0.25, -0.2) is 0 Å². The van der Waals surface area contributed by atoms with Gasteiger partial charge < -0.3 is 4.90 Å². The molecule has 0 aromatic heterocycles. The molecule has 1 aromatic rings. The van der Waals surface area contributed by atoms with E-state index in [1.165, 1.54) is 19.0 Å². The highest BCUT2D eigenvalue weighted by Gasteiger charge is 2.47. The first-order valence-electron chi connectivity index (χ1n) is 9.91. The maximum Gasteiger partial charge on any atom is 0.0665 e. The molecule has 0 radical (unpaired) electrons. The summed E-state index contributed by atoms with van der Waals surface area (Å²) in [7, 11) is -1.18.